The van der Waals surface area contributed by atoms with E-state index in [2.05, 4.69) is 15.5 Å². The molecule has 0 fully saturated rings. The quantitative estimate of drug-likeness (QED) is 0.267. The normalized spacial score (nSPS) is 10.9. The first-order valence-corrected chi connectivity index (χ1v) is 6.27. The first-order chi connectivity index (χ1) is 10.1. The molecule has 1 aromatic rings. The van der Waals surface area contributed by atoms with Crippen molar-refractivity contribution in [2.24, 2.45) is 5.10 Å². The zero-order chi connectivity index (χ0) is 15.7. The molecule has 9 nitrogen and oxygen atoms in total. The molecule has 1 N–H and O–H groups in total. The zero-order valence-electron chi connectivity index (χ0n) is 11.7. The molecule has 114 valence electrons. The molecule has 21 heavy (non-hydrogen) atoms. The summed E-state index contributed by atoms with van der Waals surface area (Å²) in [5.74, 6) is -0.405. The molecule has 0 amide bonds. The number of nitrogens with one attached hydrogen (secondary N) is 1. The topological polar surface area (TPSA) is 116 Å². The van der Waals surface area contributed by atoms with Crippen LogP contribution in [0.15, 0.2) is 23.6 Å². The van der Waals surface area contributed by atoms with Crippen LogP contribution >= 0.6 is 0 Å². The lowest BCUT2D eigenvalue weighted by molar-refractivity contribution is -0.384. The molecule has 0 radical (unpaired) electrons. The summed E-state index contributed by atoms with van der Waals surface area (Å²) >= 11 is 0. The molecule has 0 spiro atoms. The van der Waals surface area contributed by atoms with E-state index >= 15 is 0 Å². The molecule has 0 aliphatic heterocycles. The van der Waals surface area contributed by atoms with Crippen LogP contribution in [0.1, 0.15) is 20.3 Å². The van der Waals surface area contributed by atoms with E-state index in [1.54, 1.807) is 13.8 Å². The molecular weight excluding hydrogens is 280 g/mol. The molecule has 0 unspecified atom stereocenters. The van der Waals surface area contributed by atoms with Crippen LogP contribution in [0.25, 0.3) is 0 Å². The van der Waals surface area contributed by atoms with Gasteiger partial charge in [-0.05, 0) is 19.9 Å². The number of esters is 1. The summed E-state index contributed by atoms with van der Waals surface area (Å²) in [7, 11) is 0. The van der Waals surface area contributed by atoms with E-state index in [1.165, 1.54) is 12.3 Å². The molecule has 0 aliphatic carbocycles. The molecule has 1 heterocycles. The molecule has 0 saturated carbocycles. The number of nitrogens with zero attached hydrogens (tertiary/aromatic N) is 3. The largest absolute Gasteiger partial charge is 0.480 e. The Bertz CT molecular complexity index is 532. The minimum atomic E-state index is -0.587. The van der Waals surface area contributed by atoms with Crippen LogP contribution in [-0.2, 0) is 14.3 Å². The lowest BCUT2D eigenvalue weighted by Gasteiger charge is -2.08. The number of hydrogen-bond donors (Lipinski definition) is 1. The Morgan fingerprint density at radius 2 is 2.14 bits per heavy atom. The van der Waals surface area contributed by atoms with Crippen LogP contribution < -0.4 is 5.43 Å². The van der Waals surface area contributed by atoms with Gasteiger partial charge in [0.05, 0.1) is 18.1 Å². The predicted molar refractivity (Wildman–Crippen MR) is 74.8 cm³/mol. The van der Waals surface area contributed by atoms with Gasteiger partial charge in [-0.15, -0.1) is 5.10 Å². The van der Waals surface area contributed by atoms with E-state index in [1.807, 2.05) is 0 Å². The molecule has 9 heteroatoms. The van der Waals surface area contributed by atoms with Crippen LogP contribution in [0, 0.1) is 10.1 Å². The summed E-state index contributed by atoms with van der Waals surface area (Å²) < 4.78 is 9.97. The Morgan fingerprint density at radius 3 is 2.76 bits per heavy atom. The van der Waals surface area contributed by atoms with Gasteiger partial charge in [0.1, 0.15) is 18.3 Å². The van der Waals surface area contributed by atoms with Gasteiger partial charge in [-0.2, -0.15) is 0 Å². The van der Waals surface area contributed by atoms with Crippen molar-refractivity contribution in [1.29, 1.82) is 0 Å². The van der Waals surface area contributed by atoms with Gasteiger partial charge in [-0.25, -0.2) is 0 Å². The van der Waals surface area contributed by atoms with Crippen molar-refractivity contribution < 1.29 is 19.2 Å². The van der Waals surface area contributed by atoms with Crippen molar-refractivity contribution >= 4 is 23.2 Å². The molecule has 1 rings (SSSR count). The van der Waals surface area contributed by atoms with Crippen molar-refractivity contribution in [3.8, 4) is 0 Å². The Morgan fingerprint density at radius 1 is 1.43 bits per heavy atom. The molecule has 0 bridgehead atoms. The van der Waals surface area contributed by atoms with Gasteiger partial charge in [-0.3, -0.25) is 25.3 Å². The minimum absolute atomic E-state index is 0.0852. The fraction of sp³-hybridized carbons (Fsp3) is 0.417. The first-order valence-electron chi connectivity index (χ1n) is 6.27. The highest BCUT2D eigenvalue weighted by atomic mass is 16.6. The summed E-state index contributed by atoms with van der Waals surface area (Å²) in [5.41, 5.74) is 2.42. The number of ether oxygens (including phenoxy) is 2. The van der Waals surface area contributed by atoms with Gasteiger partial charge in [0.15, 0.2) is 0 Å². The second-order valence-electron chi connectivity index (χ2n) is 3.68. The van der Waals surface area contributed by atoms with Gasteiger partial charge in [0, 0.05) is 6.20 Å². The summed E-state index contributed by atoms with van der Waals surface area (Å²) in [6, 6.07) is 1.40. The standard InChI is InChI=1S/C12H16N4O5/c1-3-20-11(7-12(17)21-4-2)15-14-9-5-6-13-8-10(9)16(18)19/h5-6,8H,3-4,7H2,1-2H3,(H,13,14)/b15-11-. The average molecular weight is 296 g/mol. The Hall–Kier alpha value is -2.71. The third-order valence-corrected chi connectivity index (χ3v) is 2.21. The molecule has 0 aromatic carbocycles. The van der Waals surface area contributed by atoms with E-state index in [0.717, 1.165) is 6.20 Å². The number of aromatic nitrogens is 1. The summed E-state index contributed by atoms with van der Waals surface area (Å²) in [4.78, 5) is 25.3. The highest BCUT2D eigenvalue weighted by Crippen LogP contribution is 2.21. The number of rotatable bonds is 7. The maximum absolute atomic E-state index is 11.4. The van der Waals surface area contributed by atoms with E-state index < -0.39 is 10.9 Å². The molecular formula is C12H16N4O5. The summed E-state index contributed by atoms with van der Waals surface area (Å²) in [5, 5.41) is 14.7. The van der Waals surface area contributed by atoms with Crippen LogP contribution in [-0.4, -0.2) is 35.0 Å². The van der Waals surface area contributed by atoms with Gasteiger partial charge in [0.2, 0.25) is 5.90 Å². The Kier molecular flexibility index (Phi) is 6.58. The third-order valence-electron chi connectivity index (χ3n) is 2.21. The average Bonchev–Trinajstić information content (AvgIpc) is 2.45. The number of nitro groups is 1. The van der Waals surface area contributed by atoms with E-state index in [9.17, 15) is 14.9 Å². The van der Waals surface area contributed by atoms with Gasteiger partial charge in [-0.1, -0.05) is 0 Å². The number of carbonyl (C=O) groups is 1. The smallest absolute Gasteiger partial charge is 0.315 e. The summed E-state index contributed by atoms with van der Waals surface area (Å²) in [6.45, 7) is 3.98. The fourth-order valence-corrected chi connectivity index (χ4v) is 1.37. The van der Waals surface area contributed by atoms with Gasteiger partial charge >= 0.3 is 11.7 Å². The van der Waals surface area contributed by atoms with E-state index in [0.29, 0.717) is 6.61 Å². The second kappa shape index (κ2) is 8.46. The molecule has 0 saturated heterocycles. The number of pyridine rings is 1. The molecule has 1 aromatic heterocycles. The first kappa shape index (κ1) is 16.3. The zero-order valence-corrected chi connectivity index (χ0v) is 11.7. The van der Waals surface area contributed by atoms with E-state index in [-0.39, 0.29) is 30.3 Å². The van der Waals surface area contributed by atoms with Gasteiger partial charge < -0.3 is 9.47 Å². The number of hydrogen-bond acceptors (Lipinski definition) is 8. The Balaban J connectivity index is 2.83. The molecule has 0 aliphatic rings. The van der Waals surface area contributed by atoms with Crippen LogP contribution in [0.5, 0.6) is 0 Å². The van der Waals surface area contributed by atoms with Crippen molar-refractivity contribution in [2.45, 2.75) is 20.3 Å². The highest BCUT2D eigenvalue weighted by Gasteiger charge is 2.14. The third kappa shape index (κ3) is 5.43. The lowest BCUT2D eigenvalue weighted by Crippen LogP contribution is -2.15. The van der Waals surface area contributed by atoms with Crippen molar-refractivity contribution in [3.63, 3.8) is 0 Å². The monoisotopic (exact) mass is 296 g/mol. The second-order valence-corrected chi connectivity index (χ2v) is 3.68. The van der Waals surface area contributed by atoms with Crippen LogP contribution in [0.4, 0.5) is 11.4 Å². The van der Waals surface area contributed by atoms with Crippen molar-refractivity contribution in [3.05, 3.63) is 28.6 Å². The van der Waals surface area contributed by atoms with Crippen LogP contribution in [0.3, 0.4) is 0 Å². The van der Waals surface area contributed by atoms with E-state index in [4.69, 9.17) is 9.47 Å². The summed E-state index contributed by atoms with van der Waals surface area (Å²) in [6.07, 6.45) is 2.33. The SMILES string of the molecule is CCOC(=O)C/C(=N/Nc1ccncc1[N+](=O)[O-])OCC. The number of carbonyl (C=O) groups excluding carboxylic acids is 1. The van der Waals surface area contributed by atoms with Crippen molar-refractivity contribution in [2.75, 3.05) is 18.6 Å². The Labute approximate surface area is 121 Å². The fourth-order valence-electron chi connectivity index (χ4n) is 1.37. The number of hydrazone groups is 1. The number of anilines is 1. The predicted octanol–water partition coefficient (Wildman–Crippen LogP) is 1.70. The van der Waals surface area contributed by atoms with Crippen LogP contribution in [0.2, 0.25) is 0 Å². The van der Waals surface area contributed by atoms with Gasteiger partial charge in [0.25, 0.3) is 0 Å². The minimum Gasteiger partial charge on any atom is -0.480 e. The van der Waals surface area contributed by atoms with Crippen molar-refractivity contribution in [1.82, 2.24) is 4.98 Å². The molecule has 0 atom stereocenters. The highest BCUT2D eigenvalue weighted by molar-refractivity contribution is 5.94. The maximum atomic E-state index is 11.4. The maximum Gasteiger partial charge on any atom is 0.315 e. The lowest BCUT2D eigenvalue weighted by atomic mass is 10.3.